The third-order valence-electron chi connectivity index (χ3n) is 3.42. The molecule has 15 heavy (non-hydrogen) atoms. The molecule has 1 rings (SSSR count). The minimum Gasteiger partial charge on any atom is -0.336 e. The summed E-state index contributed by atoms with van der Waals surface area (Å²) in [4.78, 5) is 11.6. The number of urea groups is 1. The molecule has 88 valence electrons. The van der Waals surface area contributed by atoms with Gasteiger partial charge in [0.1, 0.15) is 0 Å². The topological polar surface area (TPSA) is 41.1 Å². The first-order valence-electron chi connectivity index (χ1n) is 6.20. The fourth-order valence-corrected chi connectivity index (χ4v) is 2.07. The summed E-state index contributed by atoms with van der Waals surface area (Å²) in [6, 6.07) is 0.648. The lowest BCUT2D eigenvalue weighted by molar-refractivity contribution is 0.218. The molecule has 0 spiro atoms. The molecular weight excluding hydrogens is 188 g/mol. The van der Waals surface area contributed by atoms with Crippen LogP contribution in [0.15, 0.2) is 0 Å². The number of hydrogen-bond donors (Lipinski definition) is 2. The second-order valence-corrected chi connectivity index (χ2v) is 4.80. The number of carbonyl (C=O) groups is 1. The molecule has 0 aromatic carbocycles. The molecule has 0 unspecified atom stereocenters. The van der Waals surface area contributed by atoms with Crippen LogP contribution >= 0.6 is 0 Å². The molecular formula is C12H24N2O. The van der Waals surface area contributed by atoms with Crippen LogP contribution in [-0.4, -0.2) is 18.1 Å². The number of rotatable bonds is 3. The molecule has 3 heteroatoms. The van der Waals surface area contributed by atoms with Gasteiger partial charge in [0.25, 0.3) is 0 Å². The fraction of sp³-hybridized carbons (Fsp3) is 0.917. The standard InChI is InChI=1S/C12H24N2O/c1-4-10(3)13-12(15)14-11-8-6-5-7-9(11)2/h9-11H,4-8H2,1-3H3,(H2,13,14,15)/t9-,10+,11+/m1/s1. The Labute approximate surface area is 93.0 Å². The second kappa shape index (κ2) is 5.99. The predicted octanol–water partition coefficient (Wildman–Crippen LogP) is 2.66. The Bertz CT molecular complexity index is 206. The Morgan fingerprint density at radius 2 is 2.07 bits per heavy atom. The van der Waals surface area contributed by atoms with E-state index in [4.69, 9.17) is 0 Å². The lowest BCUT2D eigenvalue weighted by Crippen LogP contribution is -2.48. The average molecular weight is 212 g/mol. The summed E-state index contributed by atoms with van der Waals surface area (Å²) >= 11 is 0. The van der Waals surface area contributed by atoms with Gasteiger partial charge >= 0.3 is 6.03 Å². The van der Waals surface area contributed by atoms with E-state index in [2.05, 4.69) is 24.5 Å². The van der Waals surface area contributed by atoms with Crippen molar-refractivity contribution in [3.63, 3.8) is 0 Å². The van der Waals surface area contributed by atoms with Crippen molar-refractivity contribution in [3.05, 3.63) is 0 Å². The Kier molecular flexibility index (Phi) is 4.92. The summed E-state index contributed by atoms with van der Waals surface area (Å²) in [7, 11) is 0. The zero-order valence-electron chi connectivity index (χ0n) is 10.2. The molecule has 3 atom stereocenters. The van der Waals surface area contributed by atoms with Gasteiger partial charge in [0.05, 0.1) is 0 Å². The summed E-state index contributed by atoms with van der Waals surface area (Å²) in [6.07, 6.45) is 5.92. The van der Waals surface area contributed by atoms with E-state index >= 15 is 0 Å². The van der Waals surface area contributed by atoms with Crippen LogP contribution in [-0.2, 0) is 0 Å². The molecule has 0 saturated heterocycles. The monoisotopic (exact) mass is 212 g/mol. The maximum absolute atomic E-state index is 11.6. The highest BCUT2D eigenvalue weighted by atomic mass is 16.2. The van der Waals surface area contributed by atoms with Crippen molar-refractivity contribution < 1.29 is 4.79 Å². The van der Waals surface area contributed by atoms with Crippen LogP contribution in [0.25, 0.3) is 0 Å². The first-order chi connectivity index (χ1) is 7.13. The van der Waals surface area contributed by atoms with E-state index < -0.39 is 0 Å². The molecule has 0 aliphatic heterocycles. The average Bonchev–Trinajstić information content (AvgIpc) is 2.21. The molecule has 1 saturated carbocycles. The zero-order valence-corrected chi connectivity index (χ0v) is 10.2. The first-order valence-corrected chi connectivity index (χ1v) is 6.20. The molecule has 0 aromatic rings. The van der Waals surface area contributed by atoms with Gasteiger partial charge in [0, 0.05) is 12.1 Å². The minimum atomic E-state index is 0.00287. The van der Waals surface area contributed by atoms with Gasteiger partial charge in [-0.2, -0.15) is 0 Å². The molecule has 2 amide bonds. The highest BCUT2D eigenvalue weighted by molar-refractivity contribution is 5.74. The van der Waals surface area contributed by atoms with E-state index in [1.807, 2.05) is 6.92 Å². The maximum atomic E-state index is 11.6. The molecule has 0 aromatic heterocycles. The number of carbonyl (C=O) groups excluding carboxylic acids is 1. The van der Waals surface area contributed by atoms with E-state index in [0.29, 0.717) is 12.0 Å². The fourth-order valence-electron chi connectivity index (χ4n) is 2.07. The summed E-state index contributed by atoms with van der Waals surface area (Å²) in [5.41, 5.74) is 0. The van der Waals surface area contributed by atoms with Crippen LogP contribution in [0.2, 0.25) is 0 Å². The Balaban J connectivity index is 2.29. The van der Waals surface area contributed by atoms with Crippen molar-refractivity contribution in [1.29, 1.82) is 0 Å². The Morgan fingerprint density at radius 3 is 2.67 bits per heavy atom. The van der Waals surface area contributed by atoms with Crippen molar-refractivity contribution >= 4 is 6.03 Å². The van der Waals surface area contributed by atoms with Gasteiger partial charge < -0.3 is 10.6 Å². The van der Waals surface area contributed by atoms with Gasteiger partial charge in [-0.3, -0.25) is 0 Å². The largest absolute Gasteiger partial charge is 0.336 e. The minimum absolute atomic E-state index is 0.00287. The smallest absolute Gasteiger partial charge is 0.315 e. The SMILES string of the molecule is CC[C@H](C)NC(=O)N[C@H]1CCCC[C@H]1C. The lowest BCUT2D eigenvalue weighted by atomic mass is 9.86. The van der Waals surface area contributed by atoms with Crippen molar-refractivity contribution in [2.45, 2.75) is 65.0 Å². The molecule has 2 N–H and O–H groups in total. The van der Waals surface area contributed by atoms with Crippen LogP contribution < -0.4 is 10.6 Å². The highest BCUT2D eigenvalue weighted by Gasteiger charge is 2.22. The Hall–Kier alpha value is -0.730. The van der Waals surface area contributed by atoms with E-state index in [-0.39, 0.29) is 12.1 Å². The summed E-state index contributed by atoms with van der Waals surface area (Å²) in [6.45, 7) is 6.34. The summed E-state index contributed by atoms with van der Waals surface area (Å²) < 4.78 is 0. The second-order valence-electron chi connectivity index (χ2n) is 4.80. The van der Waals surface area contributed by atoms with E-state index in [0.717, 1.165) is 12.8 Å². The first kappa shape index (κ1) is 12.3. The molecule has 0 bridgehead atoms. The van der Waals surface area contributed by atoms with Gasteiger partial charge in [-0.25, -0.2) is 4.79 Å². The van der Waals surface area contributed by atoms with Crippen molar-refractivity contribution in [1.82, 2.24) is 10.6 Å². The molecule has 1 fully saturated rings. The molecule has 1 aliphatic carbocycles. The highest BCUT2D eigenvalue weighted by Crippen LogP contribution is 2.23. The predicted molar refractivity (Wildman–Crippen MR) is 62.8 cm³/mol. The van der Waals surface area contributed by atoms with Crippen molar-refractivity contribution in [2.75, 3.05) is 0 Å². The van der Waals surface area contributed by atoms with Crippen LogP contribution in [0.5, 0.6) is 0 Å². The number of hydrogen-bond acceptors (Lipinski definition) is 1. The molecule has 1 aliphatic rings. The van der Waals surface area contributed by atoms with Gasteiger partial charge in [0.2, 0.25) is 0 Å². The maximum Gasteiger partial charge on any atom is 0.315 e. The molecule has 0 heterocycles. The van der Waals surface area contributed by atoms with Gasteiger partial charge in [-0.05, 0) is 32.1 Å². The van der Waals surface area contributed by atoms with E-state index in [1.165, 1.54) is 19.3 Å². The zero-order chi connectivity index (χ0) is 11.3. The molecule has 0 radical (unpaired) electrons. The van der Waals surface area contributed by atoms with Crippen LogP contribution in [0.3, 0.4) is 0 Å². The number of amides is 2. The Morgan fingerprint density at radius 1 is 1.40 bits per heavy atom. The normalized spacial score (nSPS) is 28.2. The summed E-state index contributed by atoms with van der Waals surface area (Å²) in [5.74, 6) is 0.626. The molecule has 3 nitrogen and oxygen atoms in total. The third kappa shape index (κ3) is 4.10. The van der Waals surface area contributed by atoms with Gasteiger partial charge in [0.15, 0.2) is 0 Å². The summed E-state index contributed by atoms with van der Waals surface area (Å²) in [5, 5.41) is 6.03. The van der Waals surface area contributed by atoms with E-state index in [1.54, 1.807) is 0 Å². The van der Waals surface area contributed by atoms with Gasteiger partial charge in [-0.15, -0.1) is 0 Å². The number of nitrogens with one attached hydrogen (secondary N) is 2. The van der Waals surface area contributed by atoms with Crippen LogP contribution in [0.4, 0.5) is 4.79 Å². The van der Waals surface area contributed by atoms with Crippen LogP contribution in [0, 0.1) is 5.92 Å². The van der Waals surface area contributed by atoms with Gasteiger partial charge in [-0.1, -0.05) is 26.7 Å². The van der Waals surface area contributed by atoms with Crippen molar-refractivity contribution in [3.8, 4) is 0 Å². The van der Waals surface area contributed by atoms with E-state index in [9.17, 15) is 4.79 Å². The van der Waals surface area contributed by atoms with Crippen molar-refractivity contribution in [2.24, 2.45) is 5.92 Å². The lowest BCUT2D eigenvalue weighted by Gasteiger charge is -2.30. The third-order valence-corrected chi connectivity index (χ3v) is 3.42. The van der Waals surface area contributed by atoms with Crippen LogP contribution in [0.1, 0.15) is 52.9 Å². The quantitative estimate of drug-likeness (QED) is 0.742.